The van der Waals surface area contributed by atoms with E-state index >= 15 is 0 Å². The monoisotopic (exact) mass is 278 g/mol. The Hall–Kier alpha value is -2.02. The van der Waals surface area contributed by atoms with Gasteiger partial charge in [-0.25, -0.2) is 0 Å². The summed E-state index contributed by atoms with van der Waals surface area (Å²) in [5, 5.41) is 13.5. The first-order valence-electron chi connectivity index (χ1n) is 6.69. The lowest BCUT2D eigenvalue weighted by atomic mass is 10.1. The van der Waals surface area contributed by atoms with Crippen molar-refractivity contribution in [2.45, 2.75) is 26.2 Å². The number of nitrogens with one attached hydrogen (secondary N) is 1. The van der Waals surface area contributed by atoms with Gasteiger partial charge in [0.2, 0.25) is 5.91 Å². The second kappa shape index (κ2) is 6.42. The van der Waals surface area contributed by atoms with Crippen LogP contribution in [0.1, 0.15) is 25.0 Å². The van der Waals surface area contributed by atoms with Gasteiger partial charge in [-0.3, -0.25) is 24.8 Å². The summed E-state index contributed by atoms with van der Waals surface area (Å²) in [4.78, 5) is 28.2. The molecule has 1 aliphatic heterocycles. The van der Waals surface area contributed by atoms with Crippen molar-refractivity contribution >= 4 is 17.3 Å². The van der Waals surface area contributed by atoms with E-state index in [9.17, 15) is 14.9 Å². The predicted molar refractivity (Wildman–Crippen MR) is 74.5 cm³/mol. The molecule has 108 valence electrons. The Balaban J connectivity index is 1.96. The quantitative estimate of drug-likeness (QED) is 0.669. The van der Waals surface area contributed by atoms with Crippen molar-refractivity contribution in [3.8, 4) is 0 Å². The van der Waals surface area contributed by atoms with Gasteiger partial charge in [0, 0.05) is 6.07 Å². The highest BCUT2D eigenvalue weighted by atomic mass is 16.6. The summed E-state index contributed by atoms with van der Waals surface area (Å²) in [7, 11) is 0. The van der Waals surface area contributed by atoms with Gasteiger partial charge in [-0.2, -0.15) is 0 Å². The number of pyridine rings is 1. The average Bonchev–Trinajstić information content (AvgIpc) is 2.41. The molecule has 1 fully saturated rings. The number of aromatic nitrogens is 1. The molecule has 0 aliphatic carbocycles. The van der Waals surface area contributed by atoms with Gasteiger partial charge in [0.1, 0.15) is 5.69 Å². The van der Waals surface area contributed by atoms with Crippen molar-refractivity contribution < 1.29 is 9.72 Å². The van der Waals surface area contributed by atoms with Crippen molar-refractivity contribution in [2.24, 2.45) is 0 Å². The molecule has 20 heavy (non-hydrogen) atoms. The molecule has 1 saturated heterocycles. The zero-order valence-corrected chi connectivity index (χ0v) is 11.5. The summed E-state index contributed by atoms with van der Waals surface area (Å²) in [6.07, 6.45) is 4.89. The molecule has 0 unspecified atom stereocenters. The Bertz CT molecular complexity index is 512. The zero-order chi connectivity index (χ0) is 14.5. The SMILES string of the molecule is Cc1ncc(NC(=O)CN2CCCCC2)cc1[N+](=O)[O-]. The van der Waals surface area contributed by atoms with Crippen LogP contribution in [0.3, 0.4) is 0 Å². The fourth-order valence-corrected chi connectivity index (χ4v) is 2.30. The minimum Gasteiger partial charge on any atom is -0.323 e. The fourth-order valence-electron chi connectivity index (χ4n) is 2.30. The highest BCUT2D eigenvalue weighted by Gasteiger charge is 2.16. The molecule has 7 heteroatoms. The Labute approximate surface area is 117 Å². The third-order valence-corrected chi connectivity index (χ3v) is 3.36. The average molecular weight is 278 g/mol. The largest absolute Gasteiger partial charge is 0.323 e. The number of hydrogen-bond donors (Lipinski definition) is 1. The van der Waals surface area contributed by atoms with E-state index < -0.39 is 4.92 Å². The summed E-state index contributed by atoms with van der Waals surface area (Å²) in [5.41, 5.74) is 0.620. The van der Waals surface area contributed by atoms with Gasteiger partial charge in [-0.15, -0.1) is 0 Å². The van der Waals surface area contributed by atoms with Gasteiger partial charge in [0.15, 0.2) is 0 Å². The first-order chi connectivity index (χ1) is 9.56. The molecule has 7 nitrogen and oxygen atoms in total. The second-order valence-electron chi connectivity index (χ2n) is 4.97. The number of carbonyl (C=O) groups is 1. The van der Waals surface area contributed by atoms with E-state index in [1.807, 2.05) is 0 Å². The summed E-state index contributed by atoms with van der Waals surface area (Å²) in [6.45, 7) is 3.75. The molecule has 1 N–H and O–H groups in total. The van der Waals surface area contributed by atoms with Crippen LogP contribution in [0.5, 0.6) is 0 Å². The maximum absolute atomic E-state index is 11.9. The number of rotatable bonds is 4. The number of likely N-dealkylation sites (tertiary alicyclic amines) is 1. The maximum atomic E-state index is 11.9. The van der Waals surface area contributed by atoms with E-state index in [4.69, 9.17) is 0 Å². The lowest BCUT2D eigenvalue weighted by Crippen LogP contribution is -2.36. The van der Waals surface area contributed by atoms with Gasteiger partial charge < -0.3 is 5.32 Å². The number of amides is 1. The topological polar surface area (TPSA) is 88.4 Å². The minimum absolute atomic E-state index is 0.0826. The first-order valence-corrected chi connectivity index (χ1v) is 6.69. The molecule has 1 aromatic rings. The number of anilines is 1. The number of piperidine rings is 1. The van der Waals surface area contributed by atoms with Crippen LogP contribution in [0.4, 0.5) is 11.4 Å². The predicted octanol–water partition coefficient (Wildman–Crippen LogP) is 1.72. The number of nitro groups is 1. The van der Waals surface area contributed by atoms with E-state index in [-0.39, 0.29) is 11.6 Å². The maximum Gasteiger partial charge on any atom is 0.292 e. The van der Waals surface area contributed by atoms with Gasteiger partial charge in [0.05, 0.1) is 23.4 Å². The lowest BCUT2D eigenvalue weighted by molar-refractivity contribution is -0.385. The molecule has 1 aliphatic rings. The van der Waals surface area contributed by atoms with Crippen LogP contribution in [0.25, 0.3) is 0 Å². The van der Waals surface area contributed by atoms with E-state index in [0.29, 0.717) is 17.9 Å². The van der Waals surface area contributed by atoms with Crippen LogP contribution in [0.15, 0.2) is 12.3 Å². The smallest absolute Gasteiger partial charge is 0.292 e. The van der Waals surface area contributed by atoms with Crippen LogP contribution < -0.4 is 5.32 Å². The molecule has 0 spiro atoms. The molecule has 0 atom stereocenters. The molecule has 0 bridgehead atoms. The van der Waals surface area contributed by atoms with Crippen molar-refractivity contribution in [3.05, 3.63) is 28.1 Å². The molecule has 2 rings (SSSR count). The first kappa shape index (κ1) is 14.4. The van der Waals surface area contributed by atoms with Crippen LogP contribution in [-0.2, 0) is 4.79 Å². The van der Waals surface area contributed by atoms with Gasteiger partial charge in [-0.05, 0) is 32.9 Å². The standard InChI is InChI=1S/C13H18N4O3/c1-10-12(17(19)20)7-11(8-14-10)15-13(18)9-16-5-3-2-4-6-16/h7-8H,2-6,9H2,1H3,(H,15,18). The third-order valence-electron chi connectivity index (χ3n) is 3.36. The third kappa shape index (κ3) is 3.74. The van der Waals surface area contributed by atoms with Crippen LogP contribution in [-0.4, -0.2) is 40.3 Å². The molecule has 0 saturated carbocycles. The number of aryl methyl sites for hydroxylation is 1. The molecule has 1 aromatic heterocycles. The Kier molecular flexibility index (Phi) is 4.62. The Morgan fingerprint density at radius 1 is 1.45 bits per heavy atom. The minimum atomic E-state index is -0.497. The lowest BCUT2D eigenvalue weighted by Gasteiger charge is -2.25. The summed E-state index contributed by atoms with van der Waals surface area (Å²) >= 11 is 0. The molecule has 1 amide bonds. The molecular formula is C13H18N4O3. The van der Waals surface area contributed by atoms with E-state index in [0.717, 1.165) is 25.9 Å². The Morgan fingerprint density at radius 3 is 2.80 bits per heavy atom. The van der Waals surface area contributed by atoms with Crippen molar-refractivity contribution in [2.75, 3.05) is 25.0 Å². The van der Waals surface area contributed by atoms with Crippen molar-refractivity contribution in [1.82, 2.24) is 9.88 Å². The molecule has 2 heterocycles. The van der Waals surface area contributed by atoms with Gasteiger partial charge in [-0.1, -0.05) is 6.42 Å². The van der Waals surface area contributed by atoms with Gasteiger partial charge in [0.25, 0.3) is 5.69 Å². The summed E-state index contributed by atoms with van der Waals surface area (Å²) < 4.78 is 0. The Morgan fingerprint density at radius 2 is 2.15 bits per heavy atom. The van der Waals surface area contributed by atoms with E-state index in [2.05, 4.69) is 15.2 Å². The van der Waals surface area contributed by atoms with E-state index in [1.165, 1.54) is 18.7 Å². The summed E-state index contributed by atoms with van der Waals surface area (Å²) in [5.74, 6) is -0.160. The normalized spacial score (nSPS) is 15.8. The zero-order valence-electron chi connectivity index (χ0n) is 11.5. The number of carbonyl (C=O) groups excluding carboxylic acids is 1. The van der Waals surface area contributed by atoms with Crippen molar-refractivity contribution in [3.63, 3.8) is 0 Å². The molecular weight excluding hydrogens is 260 g/mol. The van der Waals surface area contributed by atoms with Crippen LogP contribution in [0.2, 0.25) is 0 Å². The highest BCUT2D eigenvalue weighted by molar-refractivity contribution is 5.92. The van der Waals surface area contributed by atoms with Crippen LogP contribution >= 0.6 is 0 Å². The van der Waals surface area contributed by atoms with Crippen LogP contribution in [0, 0.1) is 17.0 Å². The number of nitrogens with zero attached hydrogens (tertiary/aromatic N) is 3. The summed E-state index contributed by atoms with van der Waals surface area (Å²) in [6, 6.07) is 1.34. The molecule has 0 aromatic carbocycles. The fraction of sp³-hybridized carbons (Fsp3) is 0.538. The second-order valence-corrected chi connectivity index (χ2v) is 4.97. The van der Waals surface area contributed by atoms with Gasteiger partial charge >= 0.3 is 0 Å². The molecule has 0 radical (unpaired) electrons. The number of hydrogen-bond acceptors (Lipinski definition) is 5. The van der Waals surface area contributed by atoms with Crippen molar-refractivity contribution in [1.29, 1.82) is 0 Å². The highest BCUT2D eigenvalue weighted by Crippen LogP contribution is 2.19. The van der Waals surface area contributed by atoms with E-state index in [1.54, 1.807) is 6.92 Å².